The Morgan fingerprint density at radius 1 is 1.20 bits per heavy atom. The fraction of sp³-hybridized carbons (Fsp3) is 0.615. The predicted molar refractivity (Wildman–Crippen MR) is 76.5 cm³/mol. The summed E-state index contributed by atoms with van der Waals surface area (Å²) in [6.07, 6.45) is 2.93. The van der Waals surface area contributed by atoms with E-state index in [0.29, 0.717) is 32.0 Å². The average Bonchev–Trinajstić information content (AvgIpc) is 2.38. The number of nitrogens with two attached hydrogens (primary N) is 1. The van der Waals surface area contributed by atoms with Crippen LogP contribution in [0.4, 0.5) is 16.4 Å². The number of carbonyl (C=O) groups excluding carboxylic acids is 1. The molecule has 0 atom stereocenters. The van der Waals surface area contributed by atoms with E-state index in [1.54, 1.807) is 11.1 Å². The molecule has 0 radical (unpaired) electrons. The van der Waals surface area contributed by atoms with Gasteiger partial charge in [-0.05, 0) is 20.8 Å². The van der Waals surface area contributed by atoms with E-state index in [2.05, 4.69) is 14.9 Å². The molecular formula is C13H21N5O2. The SMILES string of the molecule is CC(C)(C)OC(=O)N1CCN(c2cnc(N)cn2)CC1. The molecule has 0 spiro atoms. The summed E-state index contributed by atoms with van der Waals surface area (Å²) >= 11 is 0. The average molecular weight is 279 g/mol. The third kappa shape index (κ3) is 3.72. The standard InChI is InChI=1S/C13H21N5O2/c1-13(2,3)20-12(19)18-6-4-17(5-7-18)11-9-15-10(14)8-16-11/h8-9H,4-7H2,1-3H3,(H2,14,15). The lowest BCUT2D eigenvalue weighted by Crippen LogP contribution is -2.50. The summed E-state index contributed by atoms with van der Waals surface area (Å²) in [7, 11) is 0. The van der Waals surface area contributed by atoms with Crippen LogP contribution in [0.15, 0.2) is 12.4 Å². The van der Waals surface area contributed by atoms with Crippen LogP contribution in [0.3, 0.4) is 0 Å². The highest BCUT2D eigenvalue weighted by atomic mass is 16.6. The Morgan fingerprint density at radius 2 is 1.85 bits per heavy atom. The molecule has 1 aromatic heterocycles. The van der Waals surface area contributed by atoms with Crippen LogP contribution in [0.25, 0.3) is 0 Å². The van der Waals surface area contributed by atoms with Gasteiger partial charge in [0.2, 0.25) is 0 Å². The molecule has 2 heterocycles. The van der Waals surface area contributed by atoms with Gasteiger partial charge in [-0.3, -0.25) is 0 Å². The van der Waals surface area contributed by atoms with Gasteiger partial charge >= 0.3 is 6.09 Å². The van der Waals surface area contributed by atoms with Gasteiger partial charge in [0.25, 0.3) is 0 Å². The number of aromatic nitrogens is 2. The number of nitrogen functional groups attached to an aromatic ring is 1. The lowest BCUT2D eigenvalue weighted by molar-refractivity contribution is 0.0240. The van der Waals surface area contributed by atoms with Crippen LogP contribution in [0.2, 0.25) is 0 Å². The molecule has 1 fully saturated rings. The van der Waals surface area contributed by atoms with E-state index in [9.17, 15) is 4.79 Å². The number of nitrogens with zero attached hydrogens (tertiary/aromatic N) is 4. The van der Waals surface area contributed by atoms with Crippen molar-refractivity contribution in [1.82, 2.24) is 14.9 Å². The first-order valence-electron chi connectivity index (χ1n) is 6.65. The quantitative estimate of drug-likeness (QED) is 0.829. The zero-order chi connectivity index (χ0) is 14.8. The molecule has 7 heteroatoms. The minimum absolute atomic E-state index is 0.263. The van der Waals surface area contributed by atoms with E-state index in [-0.39, 0.29) is 6.09 Å². The second-order valence-electron chi connectivity index (χ2n) is 5.75. The zero-order valence-corrected chi connectivity index (χ0v) is 12.2. The summed E-state index contributed by atoms with van der Waals surface area (Å²) in [5.74, 6) is 1.18. The molecule has 0 unspecified atom stereocenters. The fourth-order valence-electron chi connectivity index (χ4n) is 1.94. The molecule has 20 heavy (non-hydrogen) atoms. The normalized spacial score (nSPS) is 16.1. The number of anilines is 2. The summed E-state index contributed by atoms with van der Waals surface area (Å²) in [6, 6.07) is 0. The molecule has 2 rings (SSSR count). The van der Waals surface area contributed by atoms with Crippen molar-refractivity contribution < 1.29 is 9.53 Å². The van der Waals surface area contributed by atoms with Crippen LogP contribution in [0, 0.1) is 0 Å². The molecule has 2 N–H and O–H groups in total. The lowest BCUT2D eigenvalue weighted by Gasteiger charge is -2.35. The monoisotopic (exact) mass is 279 g/mol. The predicted octanol–water partition coefficient (Wildman–Crippen LogP) is 1.12. The van der Waals surface area contributed by atoms with Gasteiger partial charge in [0.05, 0.1) is 12.4 Å². The van der Waals surface area contributed by atoms with E-state index in [1.165, 1.54) is 6.20 Å². The summed E-state index contributed by atoms with van der Waals surface area (Å²) in [5, 5.41) is 0. The second-order valence-corrected chi connectivity index (χ2v) is 5.75. The third-order valence-corrected chi connectivity index (χ3v) is 2.91. The van der Waals surface area contributed by atoms with E-state index in [0.717, 1.165) is 5.82 Å². The van der Waals surface area contributed by atoms with Gasteiger partial charge < -0.3 is 20.3 Å². The molecule has 0 bridgehead atoms. The highest BCUT2D eigenvalue weighted by Crippen LogP contribution is 2.15. The number of amides is 1. The highest BCUT2D eigenvalue weighted by Gasteiger charge is 2.26. The molecule has 1 aliphatic rings. The van der Waals surface area contributed by atoms with Gasteiger partial charge in [-0.25, -0.2) is 14.8 Å². The van der Waals surface area contributed by atoms with Crippen LogP contribution >= 0.6 is 0 Å². The lowest BCUT2D eigenvalue weighted by atomic mass is 10.2. The minimum Gasteiger partial charge on any atom is -0.444 e. The maximum atomic E-state index is 11.9. The van der Waals surface area contributed by atoms with Crippen LogP contribution in [0.5, 0.6) is 0 Å². The molecule has 110 valence electrons. The van der Waals surface area contributed by atoms with Crippen molar-refractivity contribution in [3.8, 4) is 0 Å². The van der Waals surface area contributed by atoms with Crippen molar-refractivity contribution >= 4 is 17.7 Å². The summed E-state index contributed by atoms with van der Waals surface area (Å²) in [4.78, 5) is 24.0. The van der Waals surface area contributed by atoms with Gasteiger partial charge in [0.15, 0.2) is 0 Å². The number of ether oxygens (including phenoxy) is 1. The second kappa shape index (κ2) is 5.52. The summed E-state index contributed by atoms with van der Waals surface area (Å²) in [5.41, 5.74) is 5.05. The number of hydrogen-bond acceptors (Lipinski definition) is 6. The van der Waals surface area contributed by atoms with Crippen LogP contribution in [-0.4, -0.2) is 52.7 Å². The minimum atomic E-state index is -0.462. The first-order valence-corrected chi connectivity index (χ1v) is 6.65. The molecule has 1 aliphatic heterocycles. The van der Waals surface area contributed by atoms with E-state index in [1.807, 2.05) is 20.8 Å². The maximum Gasteiger partial charge on any atom is 0.410 e. The Balaban J connectivity index is 1.89. The van der Waals surface area contributed by atoms with Crippen molar-refractivity contribution in [2.45, 2.75) is 26.4 Å². The maximum absolute atomic E-state index is 11.9. The van der Waals surface area contributed by atoms with Crippen LogP contribution in [0.1, 0.15) is 20.8 Å². The summed E-state index contributed by atoms with van der Waals surface area (Å²) < 4.78 is 5.36. The highest BCUT2D eigenvalue weighted by molar-refractivity contribution is 5.68. The fourth-order valence-corrected chi connectivity index (χ4v) is 1.94. The number of piperazine rings is 1. The van der Waals surface area contributed by atoms with Crippen molar-refractivity contribution in [1.29, 1.82) is 0 Å². The molecule has 0 saturated carbocycles. The largest absolute Gasteiger partial charge is 0.444 e. The van der Waals surface area contributed by atoms with Gasteiger partial charge in [-0.1, -0.05) is 0 Å². The zero-order valence-electron chi connectivity index (χ0n) is 12.2. The van der Waals surface area contributed by atoms with Gasteiger partial charge in [0, 0.05) is 26.2 Å². The van der Waals surface area contributed by atoms with E-state index >= 15 is 0 Å². The molecule has 1 amide bonds. The topological polar surface area (TPSA) is 84.6 Å². The van der Waals surface area contributed by atoms with Crippen molar-refractivity contribution in [3.63, 3.8) is 0 Å². The van der Waals surface area contributed by atoms with E-state index < -0.39 is 5.60 Å². The van der Waals surface area contributed by atoms with Crippen LogP contribution < -0.4 is 10.6 Å². The molecule has 0 aliphatic carbocycles. The Morgan fingerprint density at radius 3 is 2.35 bits per heavy atom. The third-order valence-electron chi connectivity index (χ3n) is 2.91. The molecule has 1 saturated heterocycles. The van der Waals surface area contributed by atoms with Crippen molar-refractivity contribution in [3.05, 3.63) is 12.4 Å². The number of hydrogen-bond donors (Lipinski definition) is 1. The molecule has 1 aromatic rings. The molecule has 7 nitrogen and oxygen atoms in total. The van der Waals surface area contributed by atoms with Crippen molar-refractivity contribution in [2.75, 3.05) is 36.8 Å². The van der Waals surface area contributed by atoms with Crippen LogP contribution in [-0.2, 0) is 4.74 Å². The smallest absolute Gasteiger partial charge is 0.410 e. The number of carbonyl (C=O) groups is 1. The van der Waals surface area contributed by atoms with Gasteiger partial charge in [0.1, 0.15) is 17.2 Å². The van der Waals surface area contributed by atoms with Gasteiger partial charge in [-0.2, -0.15) is 0 Å². The Kier molecular flexibility index (Phi) is 3.96. The molecule has 0 aromatic carbocycles. The first kappa shape index (κ1) is 14.4. The van der Waals surface area contributed by atoms with Gasteiger partial charge in [-0.15, -0.1) is 0 Å². The summed E-state index contributed by atoms with van der Waals surface area (Å²) in [6.45, 7) is 8.24. The van der Waals surface area contributed by atoms with Crippen molar-refractivity contribution in [2.24, 2.45) is 0 Å². The molecular weight excluding hydrogens is 258 g/mol. The Bertz CT molecular complexity index is 461. The first-order chi connectivity index (χ1) is 9.35. The van der Waals surface area contributed by atoms with E-state index in [4.69, 9.17) is 10.5 Å². The Labute approximate surface area is 118 Å². The Hall–Kier alpha value is -2.05. The number of rotatable bonds is 1.